The molecule has 0 bridgehead atoms. The average Bonchev–Trinajstić information content (AvgIpc) is 2.34. The Labute approximate surface area is 111 Å². The molecule has 0 amide bonds. The quantitative estimate of drug-likeness (QED) is 0.844. The van der Waals surface area contributed by atoms with E-state index < -0.39 is 0 Å². The summed E-state index contributed by atoms with van der Waals surface area (Å²) in [4.78, 5) is 0. The van der Waals surface area contributed by atoms with Gasteiger partial charge in [0.1, 0.15) is 17.2 Å². The number of nitrogen functional groups attached to an aromatic ring is 1. The van der Waals surface area contributed by atoms with Crippen LogP contribution in [0.15, 0.2) is 42.5 Å². The third-order valence-electron chi connectivity index (χ3n) is 2.30. The number of halogens is 1. The summed E-state index contributed by atoms with van der Waals surface area (Å²) in [5.74, 6) is 2.01. The van der Waals surface area contributed by atoms with Gasteiger partial charge in [0.25, 0.3) is 0 Å². The summed E-state index contributed by atoms with van der Waals surface area (Å²) in [5, 5.41) is 0.483. The molecule has 2 aromatic rings. The molecule has 0 atom stereocenters. The number of nitrogens with two attached hydrogens (primary N) is 1. The van der Waals surface area contributed by atoms with Gasteiger partial charge in [-0.15, -0.1) is 0 Å². The van der Waals surface area contributed by atoms with Crippen LogP contribution in [0.1, 0.15) is 6.92 Å². The van der Waals surface area contributed by atoms with Crippen molar-refractivity contribution in [3.05, 3.63) is 47.5 Å². The van der Waals surface area contributed by atoms with E-state index in [1.165, 1.54) is 0 Å². The number of anilines is 1. The molecule has 0 heterocycles. The Bertz CT molecular complexity index is 543. The second kappa shape index (κ2) is 5.65. The summed E-state index contributed by atoms with van der Waals surface area (Å²) >= 11 is 6.04. The van der Waals surface area contributed by atoms with Crippen LogP contribution in [0.4, 0.5) is 5.69 Å². The van der Waals surface area contributed by atoms with Crippen LogP contribution < -0.4 is 15.2 Å². The van der Waals surface area contributed by atoms with E-state index in [1.807, 2.05) is 31.2 Å². The molecule has 0 unspecified atom stereocenters. The first-order chi connectivity index (χ1) is 8.69. The first-order valence-corrected chi connectivity index (χ1v) is 6.02. The number of benzene rings is 2. The lowest BCUT2D eigenvalue weighted by molar-refractivity contribution is 0.338. The SMILES string of the molecule is CCOc1cccc(Oc2ccc(N)cc2Cl)c1. The maximum Gasteiger partial charge on any atom is 0.146 e. The average molecular weight is 264 g/mol. The van der Waals surface area contributed by atoms with Gasteiger partial charge in [0.05, 0.1) is 11.6 Å². The lowest BCUT2D eigenvalue weighted by Gasteiger charge is -2.09. The van der Waals surface area contributed by atoms with Gasteiger partial charge in [-0.3, -0.25) is 0 Å². The van der Waals surface area contributed by atoms with Crippen LogP contribution in [-0.2, 0) is 0 Å². The van der Waals surface area contributed by atoms with E-state index in [1.54, 1.807) is 18.2 Å². The number of hydrogen-bond donors (Lipinski definition) is 1. The van der Waals surface area contributed by atoms with E-state index in [2.05, 4.69) is 0 Å². The molecule has 0 spiro atoms. The molecule has 94 valence electrons. The number of rotatable bonds is 4. The number of hydrogen-bond acceptors (Lipinski definition) is 3. The predicted octanol–water partition coefficient (Wildman–Crippen LogP) is 4.11. The Hall–Kier alpha value is -1.87. The zero-order chi connectivity index (χ0) is 13.0. The van der Waals surface area contributed by atoms with Crippen molar-refractivity contribution in [3.63, 3.8) is 0 Å². The Morgan fingerprint density at radius 1 is 1.11 bits per heavy atom. The van der Waals surface area contributed by atoms with Crippen molar-refractivity contribution in [2.75, 3.05) is 12.3 Å². The normalized spacial score (nSPS) is 10.1. The van der Waals surface area contributed by atoms with Gasteiger partial charge in [0.2, 0.25) is 0 Å². The van der Waals surface area contributed by atoms with Gasteiger partial charge >= 0.3 is 0 Å². The first kappa shape index (κ1) is 12.6. The molecule has 0 aliphatic carbocycles. The molecule has 4 heteroatoms. The standard InChI is InChI=1S/C14H14ClNO2/c1-2-17-11-4-3-5-12(9-11)18-14-7-6-10(16)8-13(14)15/h3-9H,2,16H2,1H3. The van der Waals surface area contributed by atoms with Gasteiger partial charge in [-0.2, -0.15) is 0 Å². The fraction of sp³-hybridized carbons (Fsp3) is 0.143. The van der Waals surface area contributed by atoms with Crippen LogP contribution in [-0.4, -0.2) is 6.61 Å². The Morgan fingerprint density at radius 3 is 2.61 bits per heavy atom. The van der Waals surface area contributed by atoms with Gasteiger partial charge in [-0.25, -0.2) is 0 Å². The summed E-state index contributed by atoms with van der Waals surface area (Å²) in [7, 11) is 0. The molecule has 18 heavy (non-hydrogen) atoms. The smallest absolute Gasteiger partial charge is 0.146 e. The van der Waals surface area contributed by atoms with Gasteiger partial charge in [0, 0.05) is 11.8 Å². The van der Waals surface area contributed by atoms with E-state index in [0.717, 1.165) is 5.75 Å². The molecule has 0 saturated carbocycles. The van der Waals surface area contributed by atoms with Crippen molar-refractivity contribution >= 4 is 17.3 Å². The third-order valence-corrected chi connectivity index (χ3v) is 2.60. The molecular formula is C14H14ClNO2. The van der Waals surface area contributed by atoms with Crippen molar-refractivity contribution in [1.29, 1.82) is 0 Å². The summed E-state index contributed by atoms with van der Waals surface area (Å²) in [6.45, 7) is 2.55. The highest BCUT2D eigenvalue weighted by Crippen LogP contribution is 2.32. The molecule has 0 saturated heterocycles. The van der Waals surface area contributed by atoms with Crippen molar-refractivity contribution in [2.45, 2.75) is 6.92 Å². The van der Waals surface area contributed by atoms with Gasteiger partial charge in [-0.05, 0) is 37.3 Å². The molecule has 2 rings (SSSR count). The molecule has 3 nitrogen and oxygen atoms in total. The topological polar surface area (TPSA) is 44.5 Å². The minimum atomic E-state index is 0.483. The van der Waals surface area contributed by atoms with Crippen molar-refractivity contribution in [1.82, 2.24) is 0 Å². The van der Waals surface area contributed by atoms with E-state index in [0.29, 0.717) is 28.8 Å². The largest absolute Gasteiger partial charge is 0.494 e. The van der Waals surface area contributed by atoms with Crippen LogP contribution in [0.5, 0.6) is 17.2 Å². The third kappa shape index (κ3) is 3.08. The van der Waals surface area contributed by atoms with Gasteiger partial charge in [-0.1, -0.05) is 17.7 Å². The van der Waals surface area contributed by atoms with Crippen LogP contribution in [0, 0.1) is 0 Å². The van der Waals surface area contributed by atoms with Crippen LogP contribution in [0.2, 0.25) is 5.02 Å². The summed E-state index contributed by atoms with van der Waals surface area (Å²) < 4.78 is 11.1. The zero-order valence-corrected chi connectivity index (χ0v) is 10.8. The van der Waals surface area contributed by atoms with E-state index in [-0.39, 0.29) is 0 Å². The molecule has 0 aliphatic heterocycles. The zero-order valence-electron chi connectivity index (χ0n) is 10.0. The van der Waals surface area contributed by atoms with Crippen LogP contribution in [0.3, 0.4) is 0 Å². The molecule has 0 fully saturated rings. The highest BCUT2D eigenvalue weighted by molar-refractivity contribution is 6.32. The maximum atomic E-state index is 6.04. The van der Waals surface area contributed by atoms with Crippen LogP contribution in [0.25, 0.3) is 0 Å². The molecule has 0 aromatic heterocycles. The first-order valence-electron chi connectivity index (χ1n) is 5.65. The minimum Gasteiger partial charge on any atom is -0.494 e. The fourth-order valence-electron chi connectivity index (χ4n) is 1.52. The van der Waals surface area contributed by atoms with Crippen molar-refractivity contribution in [3.8, 4) is 17.2 Å². The summed E-state index contributed by atoms with van der Waals surface area (Å²) in [5.41, 5.74) is 6.23. The highest BCUT2D eigenvalue weighted by atomic mass is 35.5. The second-order valence-electron chi connectivity index (χ2n) is 3.70. The molecule has 2 aromatic carbocycles. The minimum absolute atomic E-state index is 0.483. The Kier molecular flexibility index (Phi) is 3.95. The van der Waals surface area contributed by atoms with Crippen molar-refractivity contribution in [2.24, 2.45) is 0 Å². The van der Waals surface area contributed by atoms with Crippen molar-refractivity contribution < 1.29 is 9.47 Å². The molecular weight excluding hydrogens is 250 g/mol. The lowest BCUT2D eigenvalue weighted by atomic mass is 10.3. The Morgan fingerprint density at radius 2 is 1.89 bits per heavy atom. The monoisotopic (exact) mass is 263 g/mol. The summed E-state index contributed by atoms with van der Waals surface area (Å²) in [6.07, 6.45) is 0. The summed E-state index contributed by atoms with van der Waals surface area (Å²) in [6, 6.07) is 12.5. The van der Waals surface area contributed by atoms with Gasteiger partial charge < -0.3 is 15.2 Å². The fourth-order valence-corrected chi connectivity index (χ4v) is 1.75. The maximum absolute atomic E-state index is 6.04. The molecule has 2 N–H and O–H groups in total. The number of ether oxygens (including phenoxy) is 2. The molecule has 0 aliphatic rings. The van der Waals surface area contributed by atoms with E-state index >= 15 is 0 Å². The predicted molar refractivity (Wildman–Crippen MR) is 73.5 cm³/mol. The molecule has 0 radical (unpaired) electrons. The van der Waals surface area contributed by atoms with E-state index in [4.69, 9.17) is 26.8 Å². The second-order valence-corrected chi connectivity index (χ2v) is 4.11. The van der Waals surface area contributed by atoms with Crippen LogP contribution >= 0.6 is 11.6 Å². The Balaban J connectivity index is 2.20. The lowest BCUT2D eigenvalue weighted by Crippen LogP contribution is -1.92. The van der Waals surface area contributed by atoms with Gasteiger partial charge in [0.15, 0.2) is 0 Å². The highest BCUT2D eigenvalue weighted by Gasteiger charge is 2.04. The van der Waals surface area contributed by atoms with E-state index in [9.17, 15) is 0 Å².